The molecule has 146 valence electrons. The molecule has 0 amide bonds. The number of rotatable bonds is 7. The van der Waals surface area contributed by atoms with Crippen LogP contribution in [0.2, 0.25) is 0 Å². The van der Waals surface area contributed by atoms with Crippen molar-refractivity contribution in [1.82, 2.24) is 10.6 Å². The number of hydrogen-bond donors (Lipinski definition) is 3. The van der Waals surface area contributed by atoms with Gasteiger partial charge in [0.2, 0.25) is 0 Å². The predicted molar refractivity (Wildman–Crippen MR) is 105 cm³/mol. The van der Waals surface area contributed by atoms with Crippen molar-refractivity contribution in [3.05, 3.63) is 23.8 Å². The molecule has 1 atom stereocenters. The summed E-state index contributed by atoms with van der Waals surface area (Å²) in [6.07, 6.45) is 5.02. The van der Waals surface area contributed by atoms with Crippen LogP contribution in [0.4, 0.5) is 0 Å². The van der Waals surface area contributed by atoms with Gasteiger partial charge in [0, 0.05) is 12.1 Å². The average molecular weight is 364 g/mol. The fraction of sp³-hybridized carbons (Fsp3) is 0.650. The smallest absolute Gasteiger partial charge is 0.191 e. The lowest BCUT2D eigenvalue weighted by Crippen LogP contribution is -2.41. The lowest BCUT2D eigenvalue weighted by atomic mass is 9.85. The van der Waals surface area contributed by atoms with Gasteiger partial charge >= 0.3 is 0 Å². The van der Waals surface area contributed by atoms with Gasteiger partial charge in [-0.2, -0.15) is 0 Å². The third kappa shape index (κ3) is 5.53. The van der Waals surface area contributed by atoms with Crippen molar-refractivity contribution in [3.8, 4) is 11.5 Å². The second-order valence-electron chi connectivity index (χ2n) is 6.95. The van der Waals surface area contributed by atoms with Gasteiger partial charge in [0.25, 0.3) is 0 Å². The van der Waals surface area contributed by atoms with Gasteiger partial charge in [0.1, 0.15) is 11.5 Å². The van der Waals surface area contributed by atoms with E-state index in [1.807, 2.05) is 25.1 Å². The molecule has 0 bridgehead atoms. The standard InChI is InChI=1S/C20H33N3O3/c1-5-21-19(22-14-20(24)11-7-6-8-12-20)23-15(2)17-13-16(25-3)9-10-18(17)26-4/h9-10,13,15,24H,5-8,11-12,14H2,1-4H3,(H2,21,22,23). The molecule has 0 saturated heterocycles. The maximum Gasteiger partial charge on any atom is 0.191 e. The molecule has 0 radical (unpaired) electrons. The van der Waals surface area contributed by atoms with Crippen LogP contribution in [0.1, 0.15) is 57.6 Å². The summed E-state index contributed by atoms with van der Waals surface area (Å²) >= 11 is 0. The molecule has 1 saturated carbocycles. The number of guanidine groups is 1. The number of aliphatic hydroxyl groups is 1. The first kappa shape index (κ1) is 20.4. The summed E-state index contributed by atoms with van der Waals surface area (Å²) in [4.78, 5) is 4.64. The van der Waals surface area contributed by atoms with Gasteiger partial charge in [-0.15, -0.1) is 0 Å². The Bertz CT molecular complexity index is 598. The van der Waals surface area contributed by atoms with Crippen LogP contribution >= 0.6 is 0 Å². The molecule has 2 rings (SSSR count). The zero-order chi connectivity index (χ0) is 19.0. The summed E-state index contributed by atoms with van der Waals surface area (Å²) in [7, 11) is 3.32. The Balaban J connectivity index is 2.12. The number of hydrogen-bond acceptors (Lipinski definition) is 4. The maximum atomic E-state index is 10.7. The van der Waals surface area contributed by atoms with Crippen molar-refractivity contribution in [2.45, 2.75) is 57.6 Å². The second-order valence-corrected chi connectivity index (χ2v) is 6.95. The largest absolute Gasteiger partial charge is 0.497 e. The van der Waals surface area contributed by atoms with Gasteiger partial charge in [-0.1, -0.05) is 19.3 Å². The third-order valence-corrected chi connectivity index (χ3v) is 4.92. The van der Waals surface area contributed by atoms with E-state index in [9.17, 15) is 5.11 Å². The number of nitrogens with one attached hydrogen (secondary N) is 2. The molecule has 1 unspecified atom stereocenters. The zero-order valence-corrected chi connectivity index (χ0v) is 16.5. The molecular formula is C20H33N3O3. The summed E-state index contributed by atoms with van der Waals surface area (Å²) in [5.74, 6) is 2.28. The molecule has 3 N–H and O–H groups in total. The molecule has 6 nitrogen and oxygen atoms in total. The van der Waals surface area contributed by atoms with Gasteiger partial charge < -0.3 is 25.2 Å². The Kier molecular flexibility index (Phi) is 7.57. The average Bonchev–Trinajstić information content (AvgIpc) is 2.66. The Morgan fingerprint density at radius 2 is 1.96 bits per heavy atom. The maximum absolute atomic E-state index is 10.7. The summed E-state index contributed by atoms with van der Waals surface area (Å²) in [5.41, 5.74) is 0.325. The minimum atomic E-state index is -0.669. The van der Waals surface area contributed by atoms with Crippen LogP contribution in [-0.2, 0) is 0 Å². The normalized spacial score (nSPS) is 18.1. The van der Waals surface area contributed by atoms with Crippen LogP contribution in [0.3, 0.4) is 0 Å². The SMILES string of the molecule is CCNC(=NCC1(O)CCCCC1)NC(C)c1cc(OC)ccc1OC. The minimum Gasteiger partial charge on any atom is -0.497 e. The predicted octanol–water partition coefficient (Wildman–Crippen LogP) is 3.02. The number of methoxy groups -OCH3 is 2. The highest BCUT2D eigenvalue weighted by molar-refractivity contribution is 5.80. The van der Waals surface area contributed by atoms with E-state index in [-0.39, 0.29) is 6.04 Å². The molecule has 0 aromatic heterocycles. The molecule has 1 aliphatic rings. The van der Waals surface area contributed by atoms with Crippen molar-refractivity contribution < 1.29 is 14.6 Å². The van der Waals surface area contributed by atoms with Crippen LogP contribution in [0.25, 0.3) is 0 Å². The highest BCUT2D eigenvalue weighted by Gasteiger charge is 2.29. The van der Waals surface area contributed by atoms with Crippen LogP contribution < -0.4 is 20.1 Å². The van der Waals surface area contributed by atoms with E-state index in [0.717, 1.165) is 49.3 Å². The molecule has 1 aromatic rings. The van der Waals surface area contributed by atoms with Gasteiger partial charge in [0.15, 0.2) is 5.96 Å². The molecule has 1 aromatic carbocycles. The van der Waals surface area contributed by atoms with Gasteiger partial charge in [0.05, 0.1) is 32.4 Å². The van der Waals surface area contributed by atoms with E-state index in [1.54, 1.807) is 14.2 Å². The summed E-state index contributed by atoms with van der Waals surface area (Å²) < 4.78 is 10.8. The lowest BCUT2D eigenvalue weighted by Gasteiger charge is -2.31. The summed E-state index contributed by atoms with van der Waals surface area (Å²) in [6, 6.07) is 5.72. The van der Waals surface area contributed by atoms with Crippen LogP contribution in [0.5, 0.6) is 11.5 Å². The van der Waals surface area contributed by atoms with Crippen LogP contribution in [0.15, 0.2) is 23.2 Å². The van der Waals surface area contributed by atoms with E-state index in [1.165, 1.54) is 6.42 Å². The van der Waals surface area contributed by atoms with Gasteiger partial charge in [-0.3, -0.25) is 4.99 Å². The van der Waals surface area contributed by atoms with Crippen molar-refractivity contribution in [3.63, 3.8) is 0 Å². The molecule has 0 heterocycles. The quantitative estimate of drug-likeness (QED) is 0.513. The van der Waals surface area contributed by atoms with Crippen molar-refractivity contribution >= 4 is 5.96 Å². The Hall–Kier alpha value is -1.95. The first-order valence-electron chi connectivity index (χ1n) is 9.50. The molecule has 0 spiro atoms. The molecule has 26 heavy (non-hydrogen) atoms. The minimum absolute atomic E-state index is 0.0288. The number of benzene rings is 1. The van der Waals surface area contributed by atoms with E-state index < -0.39 is 5.60 Å². The Morgan fingerprint density at radius 3 is 2.58 bits per heavy atom. The molecule has 6 heteroatoms. The third-order valence-electron chi connectivity index (χ3n) is 4.92. The van der Waals surface area contributed by atoms with E-state index >= 15 is 0 Å². The van der Waals surface area contributed by atoms with Gasteiger partial charge in [-0.25, -0.2) is 0 Å². The number of ether oxygens (including phenoxy) is 2. The highest BCUT2D eigenvalue weighted by atomic mass is 16.5. The number of nitrogens with zero attached hydrogens (tertiary/aromatic N) is 1. The fourth-order valence-corrected chi connectivity index (χ4v) is 3.37. The van der Waals surface area contributed by atoms with Crippen molar-refractivity contribution in [2.75, 3.05) is 27.3 Å². The lowest BCUT2D eigenvalue weighted by molar-refractivity contribution is 0.0131. The molecule has 1 aliphatic carbocycles. The van der Waals surface area contributed by atoms with Crippen molar-refractivity contribution in [1.29, 1.82) is 0 Å². The van der Waals surface area contributed by atoms with E-state index in [2.05, 4.69) is 22.5 Å². The zero-order valence-electron chi connectivity index (χ0n) is 16.5. The summed E-state index contributed by atoms with van der Waals surface area (Å²) in [6.45, 7) is 5.26. The summed E-state index contributed by atoms with van der Waals surface area (Å²) in [5, 5.41) is 17.4. The Labute approximate surface area is 157 Å². The molecular weight excluding hydrogens is 330 g/mol. The fourth-order valence-electron chi connectivity index (χ4n) is 3.37. The monoisotopic (exact) mass is 363 g/mol. The topological polar surface area (TPSA) is 75.1 Å². The first-order chi connectivity index (χ1) is 12.5. The van der Waals surface area contributed by atoms with Crippen LogP contribution in [0, 0.1) is 0 Å². The van der Waals surface area contributed by atoms with E-state index in [0.29, 0.717) is 12.5 Å². The number of aliphatic imine (C=N–C) groups is 1. The van der Waals surface area contributed by atoms with Crippen molar-refractivity contribution in [2.24, 2.45) is 4.99 Å². The first-order valence-corrected chi connectivity index (χ1v) is 9.50. The van der Waals surface area contributed by atoms with Gasteiger partial charge in [-0.05, 0) is 44.9 Å². The molecule has 0 aliphatic heterocycles. The van der Waals surface area contributed by atoms with E-state index in [4.69, 9.17) is 9.47 Å². The Morgan fingerprint density at radius 1 is 1.23 bits per heavy atom. The second kappa shape index (κ2) is 9.67. The van der Waals surface area contributed by atoms with Crippen LogP contribution in [-0.4, -0.2) is 44.0 Å². The molecule has 1 fully saturated rings. The highest BCUT2D eigenvalue weighted by Crippen LogP contribution is 2.30.